The Hall–Kier alpha value is -2.73. The molecule has 0 bridgehead atoms. The lowest BCUT2D eigenvalue weighted by Gasteiger charge is -2.07. The highest BCUT2D eigenvalue weighted by Crippen LogP contribution is 2.10. The van der Waals surface area contributed by atoms with Gasteiger partial charge in [-0.2, -0.15) is 0 Å². The Morgan fingerprint density at radius 1 is 1.04 bits per heavy atom. The van der Waals surface area contributed by atoms with Crippen LogP contribution >= 0.6 is 0 Å². The lowest BCUT2D eigenvalue weighted by atomic mass is 10.2. The number of amides is 1. The van der Waals surface area contributed by atoms with E-state index < -0.39 is 5.97 Å². The van der Waals surface area contributed by atoms with Gasteiger partial charge < -0.3 is 15.4 Å². The van der Waals surface area contributed by atoms with E-state index in [4.69, 9.17) is 0 Å². The van der Waals surface area contributed by atoms with Gasteiger partial charge in [0.25, 0.3) is 0 Å². The van der Waals surface area contributed by atoms with Crippen molar-refractivity contribution in [1.82, 2.24) is 5.32 Å². The first-order valence-electron chi connectivity index (χ1n) is 7.02. The summed E-state index contributed by atoms with van der Waals surface area (Å²) in [4.78, 5) is 23.1. The van der Waals surface area contributed by atoms with Crippen molar-refractivity contribution in [3.8, 4) is 0 Å². The molecule has 0 aliphatic carbocycles. The van der Waals surface area contributed by atoms with Crippen LogP contribution in [-0.2, 0) is 16.1 Å². The second-order valence-electron chi connectivity index (χ2n) is 4.85. The molecular weight excluding hydrogens is 299 g/mol. The summed E-state index contributed by atoms with van der Waals surface area (Å²) in [5.41, 5.74) is 1.90. The Morgan fingerprint density at radius 2 is 1.70 bits per heavy atom. The molecular formula is C17H17FN2O3. The highest BCUT2D eigenvalue weighted by molar-refractivity contribution is 5.93. The van der Waals surface area contributed by atoms with Crippen molar-refractivity contribution >= 4 is 17.6 Å². The van der Waals surface area contributed by atoms with Crippen molar-refractivity contribution in [3.63, 3.8) is 0 Å². The number of nitrogens with one attached hydrogen (secondary N) is 2. The van der Waals surface area contributed by atoms with Crippen LogP contribution in [0, 0.1) is 5.82 Å². The molecule has 0 spiro atoms. The van der Waals surface area contributed by atoms with Crippen molar-refractivity contribution in [2.24, 2.45) is 0 Å². The molecule has 0 aromatic heterocycles. The van der Waals surface area contributed by atoms with E-state index in [1.165, 1.54) is 19.2 Å². The summed E-state index contributed by atoms with van der Waals surface area (Å²) in [5, 5.41) is 5.68. The van der Waals surface area contributed by atoms with Gasteiger partial charge in [-0.25, -0.2) is 9.18 Å². The smallest absolute Gasteiger partial charge is 0.337 e. The summed E-state index contributed by atoms with van der Waals surface area (Å²) in [5.74, 6) is -0.927. The lowest BCUT2D eigenvalue weighted by Crippen LogP contribution is -2.27. The van der Waals surface area contributed by atoms with Gasteiger partial charge >= 0.3 is 5.97 Å². The number of ether oxygens (including phenoxy) is 1. The molecule has 0 aliphatic rings. The Bertz CT molecular complexity index is 669. The van der Waals surface area contributed by atoms with Crippen molar-refractivity contribution in [2.45, 2.75) is 6.54 Å². The van der Waals surface area contributed by atoms with Crippen LogP contribution in [0.15, 0.2) is 48.5 Å². The summed E-state index contributed by atoms with van der Waals surface area (Å²) >= 11 is 0. The number of carbonyl (C=O) groups is 2. The number of anilines is 1. The molecule has 6 heteroatoms. The van der Waals surface area contributed by atoms with E-state index in [1.807, 2.05) is 0 Å². The topological polar surface area (TPSA) is 67.4 Å². The van der Waals surface area contributed by atoms with Crippen molar-refractivity contribution < 1.29 is 18.7 Å². The number of methoxy groups -OCH3 is 1. The molecule has 0 heterocycles. The van der Waals surface area contributed by atoms with E-state index in [0.29, 0.717) is 17.8 Å². The average molecular weight is 316 g/mol. The first kappa shape index (κ1) is 16.6. The summed E-state index contributed by atoms with van der Waals surface area (Å²) in [6, 6.07) is 12.5. The van der Waals surface area contributed by atoms with Crippen LogP contribution in [0.2, 0.25) is 0 Å². The van der Waals surface area contributed by atoms with Crippen molar-refractivity contribution in [1.29, 1.82) is 0 Å². The predicted octanol–water partition coefficient (Wildman–Crippen LogP) is 2.34. The maximum absolute atomic E-state index is 12.8. The third-order valence-electron chi connectivity index (χ3n) is 3.12. The van der Waals surface area contributed by atoms with E-state index in [9.17, 15) is 14.0 Å². The number of carbonyl (C=O) groups excluding carboxylic acids is 2. The van der Waals surface area contributed by atoms with Crippen molar-refractivity contribution in [3.05, 3.63) is 65.5 Å². The van der Waals surface area contributed by atoms with Gasteiger partial charge in [-0.05, 0) is 42.0 Å². The van der Waals surface area contributed by atoms with Crippen LogP contribution in [0.1, 0.15) is 15.9 Å². The van der Waals surface area contributed by atoms with E-state index in [-0.39, 0.29) is 18.3 Å². The summed E-state index contributed by atoms with van der Waals surface area (Å²) < 4.78 is 17.4. The highest BCUT2D eigenvalue weighted by atomic mass is 19.1. The number of hydrogen-bond donors (Lipinski definition) is 2. The Morgan fingerprint density at radius 3 is 2.30 bits per heavy atom. The maximum atomic E-state index is 12.8. The van der Waals surface area contributed by atoms with Crippen LogP contribution in [0.25, 0.3) is 0 Å². The van der Waals surface area contributed by atoms with Gasteiger partial charge in [0.1, 0.15) is 5.82 Å². The van der Waals surface area contributed by atoms with Gasteiger partial charge in [-0.1, -0.05) is 12.1 Å². The predicted molar refractivity (Wildman–Crippen MR) is 84.5 cm³/mol. The third-order valence-corrected chi connectivity index (χ3v) is 3.12. The molecule has 23 heavy (non-hydrogen) atoms. The largest absolute Gasteiger partial charge is 0.465 e. The molecule has 2 aromatic rings. The van der Waals surface area contributed by atoms with Crippen LogP contribution in [-0.4, -0.2) is 25.5 Å². The minimum Gasteiger partial charge on any atom is -0.465 e. The fourth-order valence-electron chi connectivity index (χ4n) is 1.94. The van der Waals surface area contributed by atoms with Gasteiger partial charge in [0.2, 0.25) is 5.91 Å². The van der Waals surface area contributed by atoms with Gasteiger partial charge in [0, 0.05) is 12.2 Å². The molecule has 1 amide bonds. The molecule has 0 aliphatic heterocycles. The molecule has 0 saturated heterocycles. The van der Waals surface area contributed by atoms with Crippen molar-refractivity contribution in [2.75, 3.05) is 19.0 Å². The molecule has 5 nitrogen and oxygen atoms in total. The molecule has 2 N–H and O–H groups in total. The summed E-state index contributed by atoms with van der Waals surface area (Å²) in [6.07, 6.45) is 0. The highest BCUT2D eigenvalue weighted by Gasteiger charge is 2.06. The number of benzene rings is 2. The van der Waals surface area contributed by atoms with E-state index >= 15 is 0 Å². The fraction of sp³-hybridized carbons (Fsp3) is 0.176. The molecule has 0 fully saturated rings. The summed E-state index contributed by atoms with van der Waals surface area (Å²) in [6.45, 7) is 0.588. The Labute approximate surface area is 133 Å². The second kappa shape index (κ2) is 8.05. The Kier molecular flexibility index (Phi) is 5.82. The standard InChI is InChI=1S/C17H17FN2O3/c1-23-17(22)13-4-8-15(9-5-13)20-16(21)11-19-10-12-2-6-14(18)7-3-12/h2-9,19H,10-11H2,1H3,(H,20,21). The normalized spacial score (nSPS) is 10.2. The minimum absolute atomic E-state index is 0.121. The zero-order valence-electron chi connectivity index (χ0n) is 12.6. The zero-order chi connectivity index (χ0) is 16.7. The van der Waals surface area contributed by atoms with Crippen LogP contribution in [0.4, 0.5) is 10.1 Å². The summed E-state index contributed by atoms with van der Waals surface area (Å²) in [7, 11) is 1.31. The number of halogens is 1. The SMILES string of the molecule is COC(=O)c1ccc(NC(=O)CNCc2ccc(F)cc2)cc1. The number of esters is 1. The van der Waals surface area contributed by atoms with E-state index in [0.717, 1.165) is 5.56 Å². The Balaban J connectivity index is 1.78. The third kappa shape index (κ3) is 5.19. The van der Waals surface area contributed by atoms with E-state index in [2.05, 4.69) is 15.4 Å². The number of hydrogen-bond acceptors (Lipinski definition) is 4. The van der Waals surface area contributed by atoms with Gasteiger partial charge in [-0.15, -0.1) is 0 Å². The van der Waals surface area contributed by atoms with Crippen LogP contribution in [0.3, 0.4) is 0 Å². The second-order valence-corrected chi connectivity index (χ2v) is 4.85. The zero-order valence-corrected chi connectivity index (χ0v) is 12.6. The molecule has 2 aromatic carbocycles. The molecule has 120 valence electrons. The van der Waals surface area contributed by atoms with Gasteiger partial charge in [0.15, 0.2) is 0 Å². The molecule has 0 saturated carbocycles. The first-order valence-corrected chi connectivity index (χ1v) is 7.02. The molecule has 0 unspecified atom stereocenters. The number of rotatable bonds is 6. The van der Waals surface area contributed by atoms with E-state index in [1.54, 1.807) is 36.4 Å². The maximum Gasteiger partial charge on any atom is 0.337 e. The molecule has 2 rings (SSSR count). The monoisotopic (exact) mass is 316 g/mol. The van der Waals surface area contributed by atoms with Gasteiger partial charge in [-0.3, -0.25) is 4.79 Å². The van der Waals surface area contributed by atoms with Crippen LogP contribution < -0.4 is 10.6 Å². The van der Waals surface area contributed by atoms with Crippen LogP contribution in [0.5, 0.6) is 0 Å². The average Bonchev–Trinajstić information content (AvgIpc) is 2.56. The minimum atomic E-state index is -0.427. The first-order chi connectivity index (χ1) is 11.1. The molecule has 0 radical (unpaired) electrons. The van der Waals surface area contributed by atoms with Gasteiger partial charge in [0.05, 0.1) is 19.2 Å². The molecule has 0 atom stereocenters. The quantitative estimate of drug-likeness (QED) is 0.803. The lowest BCUT2D eigenvalue weighted by molar-refractivity contribution is -0.115. The fourth-order valence-corrected chi connectivity index (χ4v) is 1.94.